The van der Waals surface area contributed by atoms with Gasteiger partial charge in [-0.2, -0.15) is 4.31 Å². The quantitative estimate of drug-likeness (QED) is 0.584. The molecule has 2 N–H and O–H groups in total. The maximum absolute atomic E-state index is 13.4. The molecule has 1 aliphatic carbocycles. The Balaban J connectivity index is 1.78. The second-order valence-electron chi connectivity index (χ2n) is 7.81. The number of amides is 1. The SMILES string of the molecule is CCN(CC)S(=O)(=O)c1ccc(C(C)NC(C(=O)NC2CC2)c2ccc(F)cc2)cc1. The van der Waals surface area contributed by atoms with Crippen LogP contribution in [0.25, 0.3) is 0 Å². The summed E-state index contributed by atoms with van der Waals surface area (Å²) in [6.07, 6.45) is 1.94. The topological polar surface area (TPSA) is 78.5 Å². The van der Waals surface area contributed by atoms with Crippen LogP contribution in [0, 0.1) is 5.82 Å². The largest absolute Gasteiger partial charge is 0.352 e. The Kier molecular flexibility index (Phi) is 7.46. The zero-order valence-electron chi connectivity index (χ0n) is 18.1. The van der Waals surface area contributed by atoms with Gasteiger partial charge >= 0.3 is 0 Å². The van der Waals surface area contributed by atoms with Crippen molar-refractivity contribution in [3.05, 3.63) is 65.5 Å². The third kappa shape index (κ3) is 5.70. The average Bonchev–Trinajstić information content (AvgIpc) is 3.57. The van der Waals surface area contributed by atoms with Crippen molar-refractivity contribution in [1.29, 1.82) is 0 Å². The molecular formula is C23H30FN3O3S. The van der Waals surface area contributed by atoms with E-state index in [1.807, 2.05) is 20.8 Å². The Morgan fingerprint density at radius 2 is 1.58 bits per heavy atom. The van der Waals surface area contributed by atoms with E-state index in [0.717, 1.165) is 18.4 Å². The van der Waals surface area contributed by atoms with Crippen molar-refractivity contribution in [3.8, 4) is 0 Å². The van der Waals surface area contributed by atoms with E-state index in [4.69, 9.17) is 0 Å². The van der Waals surface area contributed by atoms with Crippen molar-refractivity contribution in [2.75, 3.05) is 13.1 Å². The van der Waals surface area contributed by atoms with Gasteiger partial charge in [0, 0.05) is 25.2 Å². The Morgan fingerprint density at radius 3 is 2.10 bits per heavy atom. The number of carbonyl (C=O) groups is 1. The maximum atomic E-state index is 13.4. The van der Waals surface area contributed by atoms with E-state index in [1.54, 1.807) is 36.4 Å². The van der Waals surface area contributed by atoms with Crippen molar-refractivity contribution in [3.63, 3.8) is 0 Å². The van der Waals surface area contributed by atoms with Crippen LogP contribution in [0.3, 0.4) is 0 Å². The summed E-state index contributed by atoms with van der Waals surface area (Å²) in [6.45, 7) is 6.35. The molecule has 168 valence electrons. The highest BCUT2D eigenvalue weighted by Crippen LogP contribution is 2.25. The number of nitrogens with zero attached hydrogens (tertiary/aromatic N) is 1. The first-order valence-electron chi connectivity index (χ1n) is 10.7. The van der Waals surface area contributed by atoms with E-state index in [9.17, 15) is 17.6 Å². The predicted molar refractivity (Wildman–Crippen MR) is 118 cm³/mol. The van der Waals surface area contributed by atoms with Crippen molar-refractivity contribution in [1.82, 2.24) is 14.9 Å². The number of benzene rings is 2. The fraction of sp³-hybridized carbons (Fsp3) is 0.435. The molecule has 0 aromatic heterocycles. The lowest BCUT2D eigenvalue weighted by Crippen LogP contribution is -2.39. The molecule has 1 saturated carbocycles. The first-order chi connectivity index (χ1) is 14.8. The van der Waals surface area contributed by atoms with Crippen LogP contribution in [0.15, 0.2) is 53.4 Å². The van der Waals surface area contributed by atoms with Crippen LogP contribution in [0.2, 0.25) is 0 Å². The van der Waals surface area contributed by atoms with Crippen LogP contribution in [0.4, 0.5) is 4.39 Å². The lowest BCUT2D eigenvalue weighted by Gasteiger charge is -2.24. The number of sulfonamides is 1. The molecule has 2 atom stereocenters. The average molecular weight is 448 g/mol. The minimum atomic E-state index is -3.52. The molecule has 0 saturated heterocycles. The summed E-state index contributed by atoms with van der Waals surface area (Å²) in [5, 5.41) is 6.31. The van der Waals surface area contributed by atoms with Gasteiger partial charge in [0.15, 0.2) is 0 Å². The normalized spacial score (nSPS) is 16.2. The standard InChI is InChI=1S/C23H30FN3O3S/c1-4-27(5-2)31(29,30)21-14-8-17(9-15-21)16(3)25-22(23(28)26-20-12-13-20)18-6-10-19(24)11-7-18/h6-11,14-16,20,22,25H,4-5,12-13H2,1-3H3,(H,26,28). The molecule has 2 aromatic rings. The highest BCUT2D eigenvalue weighted by molar-refractivity contribution is 7.89. The summed E-state index contributed by atoms with van der Waals surface area (Å²) in [4.78, 5) is 13.1. The Morgan fingerprint density at radius 1 is 1.03 bits per heavy atom. The molecule has 31 heavy (non-hydrogen) atoms. The molecule has 0 heterocycles. The van der Waals surface area contributed by atoms with E-state index < -0.39 is 16.1 Å². The molecule has 1 fully saturated rings. The molecule has 1 amide bonds. The molecule has 0 radical (unpaired) electrons. The molecule has 1 aliphatic rings. The van der Waals surface area contributed by atoms with E-state index in [1.165, 1.54) is 16.4 Å². The van der Waals surface area contributed by atoms with Gasteiger partial charge in [0.25, 0.3) is 0 Å². The molecule has 6 nitrogen and oxygen atoms in total. The Labute approximate surface area is 183 Å². The van der Waals surface area contributed by atoms with Gasteiger partial charge < -0.3 is 5.32 Å². The maximum Gasteiger partial charge on any atom is 0.243 e. The van der Waals surface area contributed by atoms with Gasteiger partial charge in [0.1, 0.15) is 11.9 Å². The number of nitrogens with one attached hydrogen (secondary N) is 2. The highest BCUT2D eigenvalue weighted by atomic mass is 32.2. The van der Waals surface area contributed by atoms with Gasteiger partial charge in [-0.05, 0) is 55.2 Å². The molecule has 3 rings (SSSR count). The summed E-state index contributed by atoms with van der Waals surface area (Å²) in [5.74, 6) is -0.509. The van der Waals surface area contributed by atoms with Gasteiger partial charge in [0.05, 0.1) is 4.90 Å². The minimum absolute atomic E-state index is 0.151. The van der Waals surface area contributed by atoms with Crippen molar-refractivity contribution in [2.24, 2.45) is 0 Å². The zero-order chi connectivity index (χ0) is 22.6. The smallest absolute Gasteiger partial charge is 0.243 e. The molecule has 0 spiro atoms. The molecular weight excluding hydrogens is 417 g/mol. The van der Waals surface area contributed by atoms with Gasteiger partial charge in [-0.15, -0.1) is 0 Å². The van der Waals surface area contributed by atoms with E-state index >= 15 is 0 Å². The third-order valence-corrected chi connectivity index (χ3v) is 7.59. The van der Waals surface area contributed by atoms with Crippen LogP contribution < -0.4 is 10.6 Å². The first-order valence-corrected chi connectivity index (χ1v) is 12.1. The van der Waals surface area contributed by atoms with Crippen LogP contribution in [0.1, 0.15) is 56.8 Å². The Hall–Kier alpha value is -2.29. The molecule has 2 aromatic carbocycles. The summed E-state index contributed by atoms with van der Waals surface area (Å²) in [7, 11) is -3.52. The molecule has 0 bridgehead atoms. The summed E-state index contributed by atoms with van der Waals surface area (Å²) in [5.41, 5.74) is 1.52. The lowest BCUT2D eigenvalue weighted by molar-refractivity contribution is -0.123. The summed E-state index contributed by atoms with van der Waals surface area (Å²) >= 11 is 0. The number of hydrogen-bond donors (Lipinski definition) is 2. The highest BCUT2D eigenvalue weighted by Gasteiger charge is 2.29. The van der Waals surface area contributed by atoms with Gasteiger partial charge in [-0.3, -0.25) is 10.1 Å². The summed E-state index contributed by atoms with van der Waals surface area (Å²) < 4.78 is 40.2. The molecule has 8 heteroatoms. The third-order valence-electron chi connectivity index (χ3n) is 5.53. The summed E-state index contributed by atoms with van der Waals surface area (Å²) in [6, 6.07) is 11.9. The predicted octanol–water partition coefficient (Wildman–Crippen LogP) is 3.53. The van der Waals surface area contributed by atoms with Crippen LogP contribution in [0.5, 0.6) is 0 Å². The van der Waals surface area contributed by atoms with Gasteiger partial charge in [0.2, 0.25) is 15.9 Å². The van der Waals surface area contributed by atoms with Gasteiger partial charge in [-0.1, -0.05) is 38.1 Å². The molecule has 2 unspecified atom stereocenters. The van der Waals surface area contributed by atoms with Crippen molar-refractivity contribution in [2.45, 2.75) is 56.6 Å². The van der Waals surface area contributed by atoms with E-state index in [0.29, 0.717) is 18.7 Å². The molecule has 0 aliphatic heterocycles. The number of hydrogen-bond acceptors (Lipinski definition) is 4. The fourth-order valence-corrected chi connectivity index (χ4v) is 4.94. The van der Waals surface area contributed by atoms with Crippen molar-refractivity contribution >= 4 is 15.9 Å². The van der Waals surface area contributed by atoms with Gasteiger partial charge in [-0.25, -0.2) is 12.8 Å². The second-order valence-corrected chi connectivity index (χ2v) is 9.75. The van der Waals surface area contributed by atoms with Crippen molar-refractivity contribution < 1.29 is 17.6 Å². The van der Waals surface area contributed by atoms with Crippen LogP contribution in [-0.4, -0.2) is 37.8 Å². The van der Waals surface area contributed by atoms with E-state index in [2.05, 4.69) is 10.6 Å². The first kappa shape index (κ1) is 23.4. The zero-order valence-corrected chi connectivity index (χ0v) is 19.0. The van der Waals surface area contributed by atoms with Crippen LogP contribution in [-0.2, 0) is 14.8 Å². The second kappa shape index (κ2) is 9.89. The number of halogens is 1. The number of carbonyl (C=O) groups excluding carboxylic acids is 1. The van der Waals surface area contributed by atoms with Crippen LogP contribution >= 0.6 is 0 Å². The van der Waals surface area contributed by atoms with E-state index in [-0.39, 0.29) is 28.7 Å². The fourth-order valence-electron chi connectivity index (χ4n) is 3.48. The minimum Gasteiger partial charge on any atom is -0.352 e. The monoisotopic (exact) mass is 447 g/mol. The Bertz CT molecular complexity index is 986. The number of rotatable bonds is 10. The lowest BCUT2D eigenvalue weighted by atomic mass is 10.0.